The van der Waals surface area contributed by atoms with Crippen molar-refractivity contribution in [3.05, 3.63) is 29.3 Å². The number of anilines is 1. The predicted octanol–water partition coefficient (Wildman–Crippen LogP) is 1.30. The zero-order valence-electron chi connectivity index (χ0n) is 11.8. The van der Waals surface area contributed by atoms with Crippen LogP contribution in [-0.4, -0.2) is 31.4 Å². The van der Waals surface area contributed by atoms with Gasteiger partial charge in [0.2, 0.25) is 5.91 Å². The van der Waals surface area contributed by atoms with Crippen LogP contribution in [0.2, 0.25) is 0 Å². The van der Waals surface area contributed by atoms with E-state index < -0.39 is 0 Å². The molecule has 5 heteroatoms. The van der Waals surface area contributed by atoms with Crippen molar-refractivity contribution in [1.82, 2.24) is 10.6 Å². The van der Waals surface area contributed by atoms with Gasteiger partial charge in [0.15, 0.2) is 0 Å². The molecule has 1 aromatic carbocycles. The number of nitrogens with one attached hydrogen (secondary N) is 3. The van der Waals surface area contributed by atoms with Crippen molar-refractivity contribution in [2.45, 2.75) is 26.2 Å². The van der Waals surface area contributed by atoms with Crippen LogP contribution >= 0.6 is 0 Å². The van der Waals surface area contributed by atoms with Crippen LogP contribution in [0.25, 0.3) is 0 Å². The molecule has 108 valence electrons. The molecule has 20 heavy (non-hydrogen) atoms. The second-order valence-electron chi connectivity index (χ2n) is 4.90. The highest BCUT2D eigenvalue weighted by Crippen LogP contribution is 2.22. The molecule has 3 N–H and O–H groups in total. The molecule has 5 nitrogen and oxygen atoms in total. The van der Waals surface area contributed by atoms with Crippen LogP contribution in [0.4, 0.5) is 5.69 Å². The van der Waals surface area contributed by atoms with Gasteiger partial charge in [0.1, 0.15) is 0 Å². The summed E-state index contributed by atoms with van der Waals surface area (Å²) in [5.74, 6) is -0.160. The van der Waals surface area contributed by atoms with Crippen molar-refractivity contribution < 1.29 is 9.59 Å². The monoisotopic (exact) mass is 275 g/mol. The van der Waals surface area contributed by atoms with Crippen molar-refractivity contribution in [3.63, 3.8) is 0 Å². The molecule has 1 heterocycles. The van der Waals surface area contributed by atoms with E-state index in [1.165, 1.54) is 5.56 Å². The summed E-state index contributed by atoms with van der Waals surface area (Å²) in [7, 11) is 0. The van der Waals surface area contributed by atoms with E-state index in [0.29, 0.717) is 25.1 Å². The van der Waals surface area contributed by atoms with Crippen LogP contribution in [0, 0.1) is 0 Å². The van der Waals surface area contributed by atoms with E-state index in [1.54, 1.807) is 0 Å². The lowest BCUT2D eigenvalue weighted by Gasteiger charge is -2.07. The Morgan fingerprint density at radius 2 is 2.10 bits per heavy atom. The molecule has 0 aliphatic carbocycles. The molecule has 0 unspecified atom stereocenters. The predicted molar refractivity (Wildman–Crippen MR) is 78.9 cm³/mol. The summed E-state index contributed by atoms with van der Waals surface area (Å²) in [6.45, 7) is 3.98. The fourth-order valence-electron chi connectivity index (χ4n) is 2.18. The van der Waals surface area contributed by atoms with Gasteiger partial charge in [-0.2, -0.15) is 0 Å². The second kappa shape index (κ2) is 6.93. The van der Waals surface area contributed by atoms with Gasteiger partial charge < -0.3 is 16.0 Å². The molecule has 0 radical (unpaired) electrons. The van der Waals surface area contributed by atoms with E-state index >= 15 is 0 Å². The van der Waals surface area contributed by atoms with Crippen LogP contribution in [0.3, 0.4) is 0 Å². The van der Waals surface area contributed by atoms with Gasteiger partial charge >= 0.3 is 0 Å². The molecule has 2 rings (SSSR count). The average molecular weight is 275 g/mol. The van der Waals surface area contributed by atoms with Gasteiger partial charge in [0, 0.05) is 37.3 Å². The first kappa shape index (κ1) is 14.4. The Bertz CT molecular complexity index is 500. The Hall–Kier alpha value is -2.04. The number of fused-ring (bicyclic) bond motifs is 1. The van der Waals surface area contributed by atoms with Crippen LogP contribution in [0.5, 0.6) is 0 Å². The topological polar surface area (TPSA) is 70.2 Å². The normalized spacial score (nSPS) is 12.4. The molecule has 2 amide bonds. The Morgan fingerprint density at radius 1 is 1.25 bits per heavy atom. The van der Waals surface area contributed by atoms with Gasteiger partial charge in [-0.05, 0) is 30.5 Å². The molecule has 1 aliphatic heterocycles. The van der Waals surface area contributed by atoms with Crippen molar-refractivity contribution in [2.75, 3.05) is 25.0 Å². The highest BCUT2D eigenvalue weighted by Gasteiger charge is 2.13. The quantitative estimate of drug-likeness (QED) is 0.733. The lowest BCUT2D eigenvalue weighted by Crippen LogP contribution is -2.31. The minimum absolute atomic E-state index is 0.0252. The third-order valence-corrected chi connectivity index (χ3v) is 3.29. The van der Waals surface area contributed by atoms with Crippen LogP contribution in [0.15, 0.2) is 18.2 Å². The summed E-state index contributed by atoms with van der Waals surface area (Å²) < 4.78 is 0. The second-order valence-corrected chi connectivity index (χ2v) is 4.90. The zero-order chi connectivity index (χ0) is 14.4. The number of carbonyl (C=O) groups excluding carboxylic acids is 2. The molecule has 0 bridgehead atoms. The van der Waals surface area contributed by atoms with E-state index in [2.05, 4.69) is 16.0 Å². The van der Waals surface area contributed by atoms with E-state index in [-0.39, 0.29) is 11.8 Å². The Morgan fingerprint density at radius 3 is 2.90 bits per heavy atom. The minimum Gasteiger partial charge on any atom is -0.384 e. The number of hydrogen-bond acceptors (Lipinski definition) is 3. The molecule has 0 spiro atoms. The van der Waals surface area contributed by atoms with Gasteiger partial charge in [0.25, 0.3) is 5.91 Å². The van der Waals surface area contributed by atoms with E-state index in [9.17, 15) is 9.59 Å². The fraction of sp³-hybridized carbons (Fsp3) is 0.467. The number of benzene rings is 1. The van der Waals surface area contributed by atoms with Gasteiger partial charge in [-0.15, -0.1) is 0 Å². The molecule has 0 saturated heterocycles. The lowest BCUT2D eigenvalue weighted by atomic mass is 10.1. The first-order valence-electron chi connectivity index (χ1n) is 7.12. The molecular weight excluding hydrogens is 254 g/mol. The summed E-state index contributed by atoms with van der Waals surface area (Å²) in [5.41, 5.74) is 2.92. The number of hydrogen-bond donors (Lipinski definition) is 3. The van der Waals surface area contributed by atoms with Gasteiger partial charge in [-0.1, -0.05) is 13.0 Å². The molecule has 1 aromatic rings. The first-order chi connectivity index (χ1) is 9.70. The summed E-state index contributed by atoms with van der Waals surface area (Å²) in [4.78, 5) is 23.4. The molecule has 0 fully saturated rings. The van der Waals surface area contributed by atoms with Crippen molar-refractivity contribution >= 4 is 17.5 Å². The third kappa shape index (κ3) is 3.73. The maximum absolute atomic E-state index is 12.0. The average Bonchev–Trinajstić information content (AvgIpc) is 2.92. The number of amides is 2. The van der Waals surface area contributed by atoms with E-state index in [1.807, 2.05) is 25.1 Å². The third-order valence-electron chi connectivity index (χ3n) is 3.29. The van der Waals surface area contributed by atoms with Gasteiger partial charge in [-0.3, -0.25) is 9.59 Å². The summed E-state index contributed by atoms with van der Waals surface area (Å²) in [6.07, 6.45) is 2.24. The minimum atomic E-state index is -0.134. The van der Waals surface area contributed by atoms with Crippen molar-refractivity contribution in [3.8, 4) is 0 Å². The summed E-state index contributed by atoms with van der Waals surface area (Å²) >= 11 is 0. The van der Waals surface area contributed by atoms with Gasteiger partial charge in [0.05, 0.1) is 0 Å². The van der Waals surface area contributed by atoms with Crippen LogP contribution < -0.4 is 16.0 Å². The maximum atomic E-state index is 12.0. The molecule has 1 aliphatic rings. The fourth-order valence-corrected chi connectivity index (χ4v) is 2.18. The summed E-state index contributed by atoms with van der Waals surface area (Å²) in [5, 5.41) is 8.80. The smallest absolute Gasteiger partial charge is 0.251 e. The summed E-state index contributed by atoms with van der Waals surface area (Å²) in [6, 6.07) is 5.69. The van der Waals surface area contributed by atoms with Crippen molar-refractivity contribution in [1.29, 1.82) is 0 Å². The van der Waals surface area contributed by atoms with E-state index in [0.717, 1.165) is 25.1 Å². The largest absolute Gasteiger partial charge is 0.384 e. The van der Waals surface area contributed by atoms with Crippen molar-refractivity contribution in [2.24, 2.45) is 0 Å². The Labute approximate surface area is 119 Å². The number of carbonyl (C=O) groups is 2. The molecule has 0 saturated carbocycles. The lowest BCUT2D eigenvalue weighted by molar-refractivity contribution is -0.120. The highest BCUT2D eigenvalue weighted by atomic mass is 16.2. The van der Waals surface area contributed by atoms with E-state index in [4.69, 9.17) is 0 Å². The number of rotatable bonds is 6. The standard InChI is InChI=1S/C15H21N3O2/c1-2-7-17-14(19)6-9-18-15(20)12-4-3-11-5-8-16-13(11)10-12/h3-4,10,16H,2,5-9H2,1H3,(H,17,19)(H,18,20). The van der Waals surface area contributed by atoms with Crippen LogP contribution in [-0.2, 0) is 11.2 Å². The zero-order valence-corrected chi connectivity index (χ0v) is 11.8. The molecule has 0 aromatic heterocycles. The molecule has 0 atom stereocenters. The maximum Gasteiger partial charge on any atom is 0.251 e. The first-order valence-corrected chi connectivity index (χ1v) is 7.12. The Kier molecular flexibility index (Phi) is 4.98. The highest BCUT2D eigenvalue weighted by molar-refractivity contribution is 5.95. The van der Waals surface area contributed by atoms with Crippen LogP contribution in [0.1, 0.15) is 35.7 Å². The van der Waals surface area contributed by atoms with Gasteiger partial charge in [-0.25, -0.2) is 0 Å². The Balaban J connectivity index is 1.79. The molecular formula is C15H21N3O2. The SMILES string of the molecule is CCCNC(=O)CCNC(=O)c1ccc2c(c1)NCC2.